The Morgan fingerprint density at radius 2 is 2.05 bits per heavy atom. The van der Waals surface area contributed by atoms with Crippen LogP contribution in [-0.2, 0) is 14.3 Å². The third-order valence-corrected chi connectivity index (χ3v) is 8.62. The molecule has 44 heavy (non-hydrogen) atoms. The van der Waals surface area contributed by atoms with Gasteiger partial charge in [0.05, 0.1) is 23.6 Å². The number of aliphatic imine (C=N–C) groups is 1. The number of rotatable bonds is 9. The van der Waals surface area contributed by atoms with Gasteiger partial charge in [-0.2, -0.15) is 0 Å². The lowest BCUT2D eigenvalue weighted by atomic mass is 9.91. The van der Waals surface area contributed by atoms with Crippen LogP contribution in [0.1, 0.15) is 42.9 Å². The molecule has 2 fully saturated rings. The van der Waals surface area contributed by atoms with Crippen molar-refractivity contribution in [3.63, 3.8) is 0 Å². The number of nitrogens with zero attached hydrogens (tertiary/aromatic N) is 5. The number of piperazine rings is 1. The molecular formula is C30H32F2N6O5S. The van der Waals surface area contributed by atoms with Gasteiger partial charge in [-0.1, -0.05) is 5.92 Å². The summed E-state index contributed by atoms with van der Waals surface area (Å²) in [6.07, 6.45) is 7.23. The number of ether oxygens (including phenoxy) is 1. The number of esters is 1. The molecule has 0 aliphatic carbocycles. The molecule has 1 aromatic heterocycles. The number of hydrogen-bond donors (Lipinski definition) is 2. The van der Waals surface area contributed by atoms with Crippen molar-refractivity contribution >= 4 is 35.1 Å². The van der Waals surface area contributed by atoms with E-state index in [9.17, 15) is 23.9 Å². The summed E-state index contributed by atoms with van der Waals surface area (Å²) in [5.41, 5.74) is -0.901. The number of carbonyl (C=O) groups excluding carboxylic acids is 2. The number of thiazole rings is 1. The number of amidine groups is 1. The van der Waals surface area contributed by atoms with Gasteiger partial charge in [0.1, 0.15) is 17.7 Å². The van der Waals surface area contributed by atoms with Crippen molar-refractivity contribution in [2.24, 2.45) is 10.4 Å². The number of amides is 2. The third-order valence-electron chi connectivity index (χ3n) is 7.84. The second-order valence-electron chi connectivity index (χ2n) is 11.4. The van der Waals surface area contributed by atoms with Gasteiger partial charge in [0, 0.05) is 73.7 Å². The molecule has 2 saturated heterocycles. The molecule has 1 unspecified atom stereocenters. The highest BCUT2D eigenvalue weighted by Gasteiger charge is 2.44. The van der Waals surface area contributed by atoms with Gasteiger partial charge < -0.3 is 25.0 Å². The van der Waals surface area contributed by atoms with Crippen molar-refractivity contribution in [3.05, 3.63) is 62.7 Å². The number of aromatic nitrogens is 1. The SMILES string of the molecule is C#Cc1cc(F)cc(F)c1C1N=C(c2nccs2)NC(CN2CCN3C(=O)N(CC(C)(C)C(=O)O)C[C@@H]3C2)=C1C(=O)OCC. The standard InChI is InChI=1S/C30H32F2N6O5S/c1-5-17-11-18(31)12-20(32)22(17)24-23(27(39)43-6-2)21(34-25(35-24)26-33-7-10-44-26)15-36-8-9-38-19(13-36)14-37(29(38)42)16-30(3,4)28(40)41/h1,7,10-12,19,24H,6,8-9,13-16H2,2-4H3,(H,34,35)(H,40,41)/t19-,24?/m0/s1. The summed E-state index contributed by atoms with van der Waals surface area (Å²) in [5, 5.41) is 15.0. The monoisotopic (exact) mass is 626 g/mol. The van der Waals surface area contributed by atoms with E-state index in [2.05, 4.69) is 21.2 Å². The van der Waals surface area contributed by atoms with Gasteiger partial charge in [0.15, 0.2) is 10.8 Å². The minimum atomic E-state index is -1.25. The van der Waals surface area contributed by atoms with E-state index < -0.39 is 35.0 Å². The quantitative estimate of drug-likeness (QED) is 0.322. The van der Waals surface area contributed by atoms with Crippen LogP contribution in [0.5, 0.6) is 0 Å². The van der Waals surface area contributed by atoms with Gasteiger partial charge in [-0.3, -0.25) is 14.7 Å². The van der Waals surface area contributed by atoms with Crippen LogP contribution in [0.3, 0.4) is 0 Å². The van der Waals surface area contributed by atoms with E-state index in [1.165, 1.54) is 11.3 Å². The molecule has 11 nitrogen and oxygen atoms in total. The average molecular weight is 627 g/mol. The Kier molecular flexibility index (Phi) is 8.71. The molecule has 0 radical (unpaired) electrons. The fraction of sp³-hybridized carbons (Fsp3) is 0.433. The highest BCUT2D eigenvalue weighted by atomic mass is 32.1. The van der Waals surface area contributed by atoms with Crippen molar-refractivity contribution in [2.45, 2.75) is 32.9 Å². The van der Waals surface area contributed by atoms with E-state index in [0.717, 1.165) is 6.07 Å². The number of halogens is 2. The van der Waals surface area contributed by atoms with Gasteiger partial charge in [-0.05, 0) is 26.8 Å². The van der Waals surface area contributed by atoms with Crippen LogP contribution < -0.4 is 5.32 Å². The number of carbonyl (C=O) groups is 3. The Morgan fingerprint density at radius 1 is 1.27 bits per heavy atom. The molecule has 232 valence electrons. The summed E-state index contributed by atoms with van der Waals surface area (Å²) >= 11 is 1.29. The number of carboxylic acid groups (broad SMARTS) is 1. The largest absolute Gasteiger partial charge is 0.481 e. The van der Waals surface area contributed by atoms with Crippen molar-refractivity contribution in [1.29, 1.82) is 0 Å². The van der Waals surface area contributed by atoms with Crippen LogP contribution in [-0.4, -0.2) is 101 Å². The molecule has 0 bridgehead atoms. The zero-order chi connectivity index (χ0) is 31.8. The number of carboxylic acids is 1. The molecule has 2 amide bonds. The first-order valence-corrected chi connectivity index (χ1v) is 14.9. The van der Waals surface area contributed by atoms with Crippen molar-refractivity contribution in [3.8, 4) is 12.3 Å². The van der Waals surface area contributed by atoms with Gasteiger partial charge in [0.2, 0.25) is 0 Å². The minimum Gasteiger partial charge on any atom is -0.481 e. The van der Waals surface area contributed by atoms with E-state index in [4.69, 9.17) is 11.2 Å². The summed E-state index contributed by atoms with van der Waals surface area (Å²) in [6, 6.07) is 0.0564. The molecule has 4 heterocycles. The topological polar surface area (TPSA) is 128 Å². The second-order valence-corrected chi connectivity index (χ2v) is 12.3. The van der Waals surface area contributed by atoms with Crippen LogP contribution in [0.4, 0.5) is 13.6 Å². The predicted octanol–water partition coefficient (Wildman–Crippen LogP) is 2.84. The van der Waals surface area contributed by atoms with Gasteiger partial charge >= 0.3 is 18.0 Å². The van der Waals surface area contributed by atoms with Crippen LogP contribution in [0.15, 0.2) is 40.0 Å². The molecule has 3 aliphatic heterocycles. The van der Waals surface area contributed by atoms with Crippen LogP contribution >= 0.6 is 11.3 Å². The normalized spacial score (nSPS) is 20.6. The average Bonchev–Trinajstić information content (AvgIpc) is 3.60. The Bertz CT molecular complexity index is 1580. The lowest BCUT2D eigenvalue weighted by Crippen LogP contribution is -2.53. The number of terminal acetylenes is 1. The van der Waals surface area contributed by atoms with Gasteiger partial charge in [-0.15, -0.1) is 17.8 Å². The summed E-state index contributed by atoms with van der Waals surface area (Å²) in [5.74, 6) is -0.916. The first kappa shape index (κ1) is 31.1. The Hall–Kier alpha value is -4.35. The summed E-state index contributed by atoms with van der Waals surface area (Å²) < 4.78 is 35.0. The van der Waals surface area contributed by atoms with E-state index in [0.29, 0.717) is 43.0 Å². The predicted molar refractivity (Wildman–Crippen MR) is 158 cm³/mol. The Balaban J connectivity index is 1.50. The van der Waals surface area contributed by atoms with E-state index >= 15 is 4.39 Å². The van der Waals surface area contributed by atoms with Crippen LogP contribution in [0, 0.1) is 29.4 Å². The number of aliphatic carboxylic acids is 1. The lowest BCUT2D eigenvalue weighted by Gasteiger charge is -2.38. The smallest absolute Gasteiger partial charge is 0.338 e. The van der Waals surface area contributed by atoms with E-state index in [1.54, 1.807) is 42.1 Å². The van der Waals surface area contributed by atoms with Crippen molar-refractivity contribution in [2.75, 3.05) is 45.9 Å². The molecule has 2 atom stereocenters. The molecule has 5 rings (SSSR count). The van der Waals surface area contributed by atoms with E-state index in [-0.39, 0.29) is 54.3 Å². The first-order chi connectivity index (χ1) is 20.9. The summed E-state index contributed by atoms with van der Waals surface area (Å²) in [6.45, 7) is 6.74. The highest BCUT2D eigenvalue weighted by molar-refractivity contribution is 7.11. The highest BCUT2D eigenvalue weighted by Crippen LogP contribution is 2.37. The number of fused-ring (bicyclic) bond motifs is 1. The molecule has 0 saturated carbocycles. The van der Waals surface area contributed by atoms with Crippen molar-refractivity contribution < 1.29 is 33.0 Å². The zero-order valence-corrected chi connectivity index (χ0v) is 25.3. The third kappa shape index (κ3) is 6.02. The van der Waals surface area contributed by atoms with Crippen molar-refractivity contribution in [1.82, 2.24) is 25.0 Å². The molecule has 14 heteroatoms. The fourth-order valence-electron chi connectivity index (χ4n) is 5.70. The summed E-state index contributed by atoms with van der Waals surface area (Å²) in [7, 11) is 0. The van der Waals surface area contributed by atoms with Gasteiger partial charge in [0.25, 0.3) is 0 Å². The summed E-state index contributed by atoms with van der Waals surface area (Å²) in [4.78, 5) is 52.6. The Labute approximate surface area is 257 Å². The fourth-order valence-corrected chi connectivity index (χ4v) is 6.28. The molecule has 0 spiro atoms. The lowest BCUT2D eigenvalue weighted by molar-refractivity contribution is -0.147. The maximum atomic E-state index is 15.4. The number of benzene rings is 1. The number of nitrogens with one attached hydrogen (secondary N) is 1. The second kappa shape index (κ2) is 12.3. The molecule has 2 aromatic rings. The maximum Gasteiger partial charge on any atom is 0.338 e. The Morgan fingerprint density at radius 3 is 2.70 bits per heavy atom. The molecule has 2 N–H and O–H groups in total. The number of urea groups is 1. The number of hydrogen-bond acceptors (Lipinski definition) is 9. The molecule has 1 aromatic carbocycles. The first-order valence-electron chi connectivity index (χ1n) is 14.0. The maximum absolute atomic E-state index is 15.4. The van der Waals surface area contributed by atoms with E-state index in [1.807, 2.05) is 4.90 Å². The zero-order valence-electron chi connectivity index (χ0n) is 24.5. The van der Waals surface area contributed by atoms with Crippen LogP contribution in [0.2, 0.25) is 0 Å². The molecular weight excluding hydrogens is 594 g/mol. The molecule has 3 aliphatic rings. The van der Waals surface area contributed by atoms with Crippen LogP contribution in [0.25, 0.3) is 0 Å². The minimum absolute atomic E-state index is 0.0314. The van der Waals surface area contributed by atoms with Gasteiger partial charge in [-0.25, -0.2) is 23.4 Å².